The topological polar surface area (TPSA) is 43.2 Å². The first kappa shape index (κ1) is 15.1. The summed E-state index contributed by atoms with van der Waals surface area (Å²) in [5.74, 6) is 1.87. The Labute approximate surface area is 124 Å². The fraction of sp³-hybridized carbons (Fsp3) is 0.571. The van der Waals surface area contributed by atoms with Crippen molar-refractivity contribution >= 4 is 22.8 Å². The molecular weight excluding hydrogens is 276 g/mol. The predicted molar refractivity (Wildman–Crippen MR) is 81.4 cm³/mol. The smallest absolute Gasteiger partial charge is 0.215 e. The highest BCUT2D eigenvalue weighted by molar-refractivity contribution is 6.16. The van der Waals surface area contributed by atoms with Crippen LogP contribution in [0.4, 0.5) is 0 Å². The van der Waals surface area contributed by atoms with Gasteiger partial charge in [-0.25, -0.2) is 4.98 Å². The maximum Gasteiger partial charge on any atom is 0.215 e. The Morgan fingerprint density at radius 1 is 1.25 bits per heavy atom. The van der Waals surface area contributed by atoms with Gasteiger partial charge in [-0.3, -0.25) is 0 Å². The van der Waals surface area contributed by atoms with Crippen molar-refractivity contribution in [1.29, 1.82) is 0 Å². The predicted octanol–water partition coefficient (Wildman–Crippen LogP) is 2.52. The Kier molecular flexibility index (Phi) is 5.20. The zero-order valence-electron chi connectivity index (χ0n) is 12.3. The molecule has 2 aromatic rings. The first-order valence-electron chi connectivity index (χ1n) is 6.76. The molecule has 0 amide bonds. The lowest BCUT2D eigenvalue weighted by atomic mass is 10.3. The second-order valence-corrected chi connectivity index (χ2v) is 5.29. The molecule has 0 N–H and O–H groups in total. The fourth-order valence-electron chi connectivity index (χ4n) is 2.18. The standard InChI is InChI=1S/C14H21ClN4O/c1-18(2)8-4-5-9-19-12(10-15)16-11-6-7-13(20-3)17-14(11)19/h6-7H,4-5,8-10H2,1-3H3. The van der Waals surface area contributed by atoms with Gasteiger partial charge in [-0.05, 0) is 39.5 Å². The average molecular weight is 297 g/mol. The molecule has 0 aliphatic carbocycles. The maximum absolute atomic E-state index is 5.99. The number of unbranched alkanes of at least 4 members (excludes halogenated alkanes) is 1. The largest absolute Gasteiger partial charge is 0.481 e. The van der Waals surface area contributed by atoms with Crippen molar-refractivity contribution in [3.05, 3.63) is 18.0 Å². The minimum atomic E-state index is 0.395. The first-order valence-corrected chi connectivity index (χ1v) is 7.30. The molecule has 110 valence electrons. The van der Waals surface area contributed by atoms with Crippen LogP contribution in [0.3, 0.4) is 0 Å². The summed E-state index contributed by atoms with van der Waals surface area (Å²) in [7, 11) is 5.79. The number of methoxy groups -OCH3 is 1. The van der Waals surface area contributed by atoms with E-state index in [1.165, 1.54) is 0 Å². The second kappa shape index (κ2) is 6.90. The third kappa shape index (κ3) is 3.41. The number of pyridine rings is 1. The third-order valence-electron chi connectivity index (χ3n) is 3.21. The highest BCUT2D eigenvalue weighted by Gasteiger charge is 2.12. The third-order valence-corrected chi connectivity index (χ3v) is 3.45. The summed E-state index contributed by atoms with van der Waals surface area (Å²) in [6.07, 6.45) is 2.21. The van der Waals surface area contributed by atoms with Crippen molar-refractivity contribution in [3.63, 3.8) is 0 Å². The Morgan fingerprint density at radius 3 is 2.70 bits per heavy atom. The van der Waals surface area contributed by atoms with Gasteiger partial charge in [-0.15, -0.1) is 11.6 Å². The lowest BCUT2D eigenvalue weighted by Crippen LogP contribution is -2.14. The van der Waals surface area contributed by atoms with Gasteiger partial charge < -0.3 is 14.2 Å². The van der Waals surface area contributed by atoms with Crippen molar-refractivity contribution in [2.24, 2.45) is 0 Å². The summed E-state index contributed by atoms with van der Waals surface area (Å²) in [5, 5.41) is 0. The number of alkyl halides is 1. The number of imidazole rings is 1. The molecule has 20 heavy (non-hydrogen) atoms. The molecule has 0 aliphatic heterocycles. The number of rotatable bonds is 7. The van der Waals surface area contributed by atoms with Crippen LogP contribution in [0.15, 0.2) is 12.1 Å². The molecule has 0 aliphatic rings. The molecular formula is C14H21ClN4O. The quantitative estimate of drug-likeness (QED) is 0.582. The number of aromatic nitrogens is 3. The van der Waals surface area contributed by atoms with Crippen LogP contribution < -0.4 is 4.74 Å². The molecule has 2 heterocycles. The lowest BCUT2D eigenvalue weighted by Gasteiger charge is -2.10. The zero-order valence-corrected chi connectivity index (χ0v) is 13.0. The van der Waals surface area contributed by atoms with E-state index >= 15 is 0 Å². The molecule has 2 rings (SSSR count). The lowest BCUT2D eigenvalue weighted by molar-refractivity contribution is 0.387. The number of nitrogens with zero attached hydrogens (tertiary/aromatic N) is 4. The summed E-state index contributed by atoms with van der Waals surface area (Å²) >= 11 is 5.99. The summed E-state index contributed by atoms with van der Waals surface area (Å²) in [4.78, 5) is 11.2. The first-order chi connectivity index (χ1) is 9.65. The van der Waals surface area contributed by atoms with Gasteiger partial charge in [0, 0.05) is 12.6 Å². The normalized spacial score (nSPS) is 11.4. The minimum Gasteiger partial charge on any atom is -0.481 e. The zero-order chi connectivity index (χ0) is 14.5. The molecule has 6 heteroatoms. The van der Waals surface area contributed by atoms with Gasteiger partial charge in [0.05, 0.1) is 13.0 Å². The second-order valence-electron chi connectivity index (χ2n) is 5.02. The van der Waals surface area contributed by atoms with Crippen molar-refractivity contribution in [2.75, 3.05) is 27.7 Å². The van der Waals surface area contributed by atoms with Crippen molar-refractivity contribution in [1.82, 2.24) is 19.4 Å². The summed E-state index contributed by atoms with van der Waals surface area (Å²) < 4.78 is 7.28. The van der Waals surface area contributed by atoms with Gasteiger partial charge in [0.1, 0.15) is 11.3 Å². The highest BCUT2D eigenvalue weighted by atomic mass is 35.5. The fourth-order valence-corrected chi connectivity index (χ4v) is 2.38. The number of ether oxygens (including phenoxy) is 1. The maximum atomic E-state index is 5.99. The summed E-state index contributed by atoms with van der Waals surface area (Å²) in [6.45, 7) is 1.96. The van der Waals surface area contributed by atoms with E-state index in [4.69, 9.17) is 16.3 Å². The van der Waals surface area contributed by atoms with Crippen molar-refractivity contribution in [2.45, 2.75) is 25.3 Å². The molecule has 0 fully saturated rings. The summed E-state index contributed by atoms with van der Waals surface area (Å²) in [6, 6.07) is 3.75. The van der Waals surface area contributed by atoms with Crippen LogP contribution in [0.1, 0.15) is 18.7 Å². The van der Waals surface area contributed by atoms with E-state index in [-0.39, 0.29) is 0 Å². The molecule has 2 aromatic heterocycles. The van der Waals surface area contributed by atoms with Gasteiger partial charge in [-0.1, -0.05) is 0 Å². The number of halogens is 1. The van der Waals surface area contributed by atoms with E-state index in [0.717, 1.165) is 42.9 Å². The molecule has 0 radical (unpaired) electrons. The Bertz CT molecular complexity index is 568. The van der Waals surface area contributed by atoms with Gasteiger partial charge in [0.25, 0.3) is 0 Å². The van der Waals surface area contributed by atoms with E-state index in [9.17, 15) is 0 Å². The van der Waals surface area contributed by atoms with Crippen LogP contribution in [0.25, 0.3) is 11.2 Å². The van der Waals surface area contributed by atoms with Gasteiger partial charge in [0.2, 0.25) is 5.88 Å². The van der Waals surface area contributed by atoms with Crippen LogP contribution in [0, 0.1) is 0 Å². The molecule has 5 nitrogen and oxygen atoms in total. The van der Waals surface area contributed by atoms with Crippen LogP contribution in [0.5, 0.6) is 5.88 Å². The number of aryl methyl sites for hydroxylation is 1. The SMILES string of the molecule is COc1ccc2nc(CCl)n(CCCCN(C)C)c2n1. The van der Waals surface area contributed by atoms with E-state index in [1.807, 2.05) is 12.1 Å². The monoisotopic (exact) mass is 296 g/mol. The van der Waals surface area contributed by atoms with Crippen LogP contribution in [-0.4, -0.2) is 47.2 Å². The van der Waals surface area contributed by atoms with Crippen molar-refractivity contribution in [3.8, 4) is 5.88 Å². The Morgan fingerprint density at radius 2 is 2.05 bits per heavy atom. The number of fused-ring (bicyclic) bond motifs is 1. The van der Waals surface area contributed by atoms with E-state index < -0.39 is 0 Å². The van der Waals surface area contributed by atoms with Gasteiger partial charge in [0.15, 0.2) is 5.65 Å². The Balaban J connectivity index is 2.20. The molecule has 0 unspecified atom stereocenters. The molecule has 0 saturated carbocycles. The summed E-state index contributed by atoms with van der Waals surface area (Å²) in [5.41, 5.74) is 1.72. The van der Waals surface area contributed by atoms with Gasteiger partial charge in [-0.2, -0.15) is 4.98 Å². The van der Waals surface area contributed by atoms with Crippen LogP contribution in [-0.2, 0) is 12.4 Å². The minimum absolute atomic E-state index is 0.395. The molecule has 0 saturated heterocycles. The number of hydrogen-bond acceptors (Lipinski definition) is 4. The molecule has 0 atom stereocenters. The molecule has 0 spiro atoms. The molecule has 0 aromatic carbocycles. The van der Waals surface area contributed by atoms with Crippen molar-refractivity contribution < 1.29 is 4.74 Å². The van der Waals surface area contributed by atoms with E-state index in [2.05, 4.69) is 33.5 Å². The van der Waals surface area contributed by atoms with Gasteiger partial charge >= 0.3 is 0 Å². The molecule has 0 bridgehead atoms. The number of hydrogen-bond donors (Lipinski definition) is 0. The Hall–Kier alpha value is -1.33. The van der Waals surface area contributed by atoms with Crippen LogP contribution >= 0.6 is 11.6 Å². The van der Waals surface area contributed by atoms with E-state index in [1.54, 1.807) is 7.11 Å². The average Bonchev–Trinajstić information content (AvgIpc) is 2.80. The van der Waals surface area contributed by atoms with E-state index in [0.29, 0.717) is 11.8 Å². The highest BCUT2D eigenvalue weighted by Crippen LogP contribution is 2.19. The van der Waals surface area contributed by atoms with Crippen LogP contribution in [0.2, 0.25) is 0 Å².